The highest BCUT2D eigenvalue weighted by atomic mass is 32.2. The molecule has 1 aliphatic carbocycles. The van der Waals surface area contributed by atoms with Gasteiger partial charge in [0.1, 0.15) is 0 Å². The predicted molar refractivity (Wildman–Crippen MR) is 331 cm³/mol. The summed E-state index contributed by atoms with van der Waals surface area (Å²) < 4.78 is 0. The van der Waals surface area contributed by atoms with Crippen molar-refractivity contribution in [3.05, 3.63) is 0 Å². The molecule has 1 aliphatic rings. The van der Waals surface area contributed by atoms with E-state index >= 15 is 0 Å². The van der Waals surface area contributed by atoms with Crippen molar-refractivity contribution in [2.75, 3.05) is 143 Å². The van der Waals surface area contributed by atoms with Crippen LogP contribution in [0.4, 0.5) is 0 Å². The van der Waals surface area contributed by atoms with Crippen LogP contribution in [0.1, 0.15) is 38.5 Å². The van der Waals surface area contributed by atoms with Crippen molar-refractivity contribution in [1.29, 1.82) is 0 Å². The minimum absolute atomic E-state index is 0.983. The molecule has 0 saturated heterocycles. The van der Waals surface area contributed by atoms with E-state index in [-0.39, 0.29) is 0 Å². The molecule has 0 radical (unpaired) electrons. The van der Waals surface area contributed by atoms with E-state index in [2.05, 4.69) is 197 Å². The van der Waals surface area contributed by atoms with Gasteiger partial charge in [-0.25, -0.2) is 0 Å². The zero-order chi connectivity index (χ0) is 44.1. The van der Waals surface area contributed by atoms with Crippen molar-refractivity contribution in [2.45, 2.75) is 111 Å². The Morgan fingerprint density at radius 2 is 0.533 bits per heavy atom. The molecule has 60 heavy (non-hydrogen) atoms. The summed E-state index contributed by atoms with van der Waals surface area (Å²) in [7, 11) is -3.51. The van der Waals surface area contributed by atoms with Gasteiger partial charge in [-0.3, -0.25) is 0 Å². The van der Waals surface area contributed by atoms with Gasteiger partial charge in [-0.15, -0.1) is 0 Å². The largest absolute Gasteiger partial charge is 0.166 e. The first-order valence-corrected chi connectivity index (χ1v) is 47.9. The lowest BCUT2D eigenvalue weighted by atomic mass is 9.71. The average molecular weight is 1110 g/mol. The van der Waals surface area contributed by atoms with Gasteiger partial charge in [0, 0.05) is 0 Å². The Bertz CT molecular complexity index is 877. The summed E-state index contributed by atoms with van der Waals surface area (Å²) in [5.74, 6) is 24.2. The van der Waals surface area contributed by atoms with Crippen LogP contribution < -0.4 is 0 Å². The van der Waals surface area contributed by atoms with E-state index in [0.29, 0.717) is 0 Å². The minimum atomic E-state index is -1.18. The van der Waals surface area contributed by atoms with E-state index in [1.54, 1.807) is 78.9 Å². The zero-order valence-corrected chi connectivity index (χ0v) is 53.3. The van der Waals surface area contributed by atoms with Gasteiger partial charge in [0.05, 0.1) is 24.2 Å². The van der Waals surface area contributed by atoms with E-state index in [0.717, 1.165) is 17.8 Å². The average Bonchev–Trinajstić information content (AvgIpc) is 3.27. The maximum absolute atomic E-state index is 2.38. The normalized spacial score (nSPS) is 17.9. The standard InChI is InChI=1S/C45H96S12Si3/c1-46-18-30-58(31-19-47-2,32-20-48-3)39-27-55-15-12-43-10-11-44(13-16-56-28-40-59(33-21-49-4,34-22-50-5)35-23-51-6)45(42-43)14-17-57-29-41-60(36-24-52-7,37-25-53-8)38-26-54-9/h43-45H,10-42H2,1-9H3. The van der Waals surface area contributed by atoms with Gasteiger partial charge >= 0.3 is 0 Å². The van der Waals surface area contributed by atoms with E-state index in [1.807, 2.05) is 0 Å². The van der Waals surface area contributed by atoms with Crippen LogP contribution in [-0.2, 0) is 0 Å². The molecule has 3 atom stereocenters. The van der Waals surface area contributed by atoms with Gasteiger partial charge in [0.25, 0.3) is 0 Å². The lowest BCUT2D eigenvalue weighted by Gasteiger charge is -2.37. The van der Waals surface area contributed by atoms with Crippen LogP contribution in [0, 0.1) is 17.8 Å². The number of rotatable bonds is 45. The second-order valence-electron chi connectivity index (χ2n) is 17.8. The molecule has 0 spiro atoms. The summed E-state index contributed by atoms with van der Waals surface area (Å²) in [5, 5.41) is 0. The van der Waals surface area contributed by atoms with Gasteiger partial charge in [0.15, 0.2) is 0 Å². The van der Waals surface area contributed by atoms with Crippen molar-refractivity contribution in [3.8, 4) is 0 Å². The van der Waals surface area contributed by atoms with E-state index in [1.165, 1.54) is 118 Å². The predicted octanol–water partition coefficient (Wildman–Crippen LogP) is 17.0. The van der Waals surface area contributed by atoms with Crippen molar-refractivity contribution in [1.82, 2.24) is 0 Å². The van der Waals surface area contributed by atoms with Crippen LogP contribution in [0.5, 0.6) is 0 Å². The maximum Gasteiger partial charge on any atom is 0.0568 e. The molecule has 15 heteroatoms. The Morgan fingerprint density at radius 1 is 0.283 bits per heavy atom. The molecule has 0 N–H and O–H groups in total. The van der Waals surface area contributed by atoms with Crippen LogP contribution >= 0.6 is 141 Å². The Labute approximate surface area is 431 Å². The topological polar surface area (TPSA) is 0 Å². The van der Waals surface area contributed by atoms with E-state index in [9.17, 15) is 0 Å². The molecule has 3 unspecified atom stereocenters. The van der Waals surface area contributed by atoms with Crippen LogP contribution in [-0.4, -0.2) is 167 Å². The lowest BCUT2D eigenvalue weighted by molar-refractivity contribution is 0.169. The molecule has 360 valence electrons. The van der Waals surface area contributed by atoms with Gasteiger partial charge in [-0.05, 0) is 265 Å². The smallest absolute Gasteiger partial charge is 0.0568 e. The molecule has 1 fully saturated rings. The Hall–Kier alpha value is 4.85. The molecule has 0 heterocycles. The van der Waals surface area contributed by atoms with Gasteiger partial charge in [-0.2, -0.15) is 141 Å². The molecule has 0 aromatic rings. The number of hydrogen-bond acceptors (Lipinski definition) is 12. The van der Waals surface area contributed by atoms with Crippen molar-refractivity contribution in [2.24, 2.45) is 17.8 Å². The van der Waals surface area contributed by atoms with Crippen LogP contribution in [0.25, 0.3) is 0 Å². The first kappa shape index (κ1) is 62.9. The maximum atomic E-state index is 2.38. The SMILES string of the molecule is CSCC[Si](CCSC)(CCSC)CCSCCC1CCC(CCSCC[Si](CCSC)(CCSC)CCSC)C(CCSCC[Si](CCSC)(CCSC)CCSC)C1. The first-order valence-electron chi connectivity index (χ1n) is 23.4. The Balaban J connectivity index is 2.91. The molecular weight excluding hydrogens is 1010 g/mol. The van der Waals surface area contributed by atoms with Crippen LogP contribution in [0.3, 0.4) is 0 Å². The van der Waals surface area contributed by atoms with Gasteiger partial charge in [0.2, 0.25) is 0 Å². The summed E-state index contributed by atoms with van der Waals surface area (Å²) in [4.78, 5) is 0. The van der Waals surface area contributed by atoms with Gasteiger partial charge in [-0.1, -0.05) is 6.42 Å². The lowest BCUT2D eigenvalue weighted by Crippen LogP contribution is -2.37. The highest BCUT2D eigenvalue weighted by molar-refractivity contribution is 8.01. The third kappa shape index (κ3) is 29.8. The number of thioether (sulfide) groups is 12. The van der Waals surface area contributed by atoms with Crippen LogP contribution in [0.2, 0.25) is 72.5 Å². The van der Waals surface area contributed by atoms with E-state index in [4.69, 9.17) is 0 Å². The monoisotopic (exact) mass is 1100 g/mol. The molecule has 0 aromatic carbocycles. The highest BCUT2D eigenvalue weighted by Gasteiger charge is 2.34. The molecule has 1 rings (SSSR count). The summed E-state index contributed by atoms with van der Waals surface area (Å²) in [5.41, 5.74) is 0. The minimum Gasteiger partial charge on any atom is -0.166 e. The highest BCUT2D eigenvalue weighted by Crippen LogP contribution is 2.42. The second-order valence-corrected chi connectivity index (χ2v) is 45.4. The molecule has 0 aliphatic heterocycles. The van der Waals surface area contributed by atoms with Crippen molar-refractivity contribution < 1.29 is 0 Å². The van der Waals surface area contributed by atoms with E-state index < -0.39 is 24.2 Å². The second kappa shape index (κ2) is 42.7. The third-order valence-corrected chi connectivity index (χ3v) is 42.7. The molecule has 0 nitrogen and oxygen atoms in total. The fourth-order valence-corrected chi connectivity index (χ4v) is 45.8. The van der Waals surface area contributed by atoms with Gasteiger partial charge < -0.3 is 0 Å². The molecular formula is C45H96S12Si3. The molecule has 0 amide bonds. The summed E-state index contributed by atoms with van der Waals surface area (Å²) in [6.07, 6.45) is 30.1. The zero-order valence-electron chi connectivity index (χ0n) is 40.5. The number of hydrogen-bond donors (Lipinski definition) is 0. The quantitative estimate of drug-likeness (QED) is 0.0421. The molecule has 0 aromatic heterocycles. The summed E-state index contributed by atoms with van der Waals surface area (Å²) in [6.45, 7) is 0. The molecule has 0 bridgehead atoms. The Morgan fingerprint density at radius 3 is 0.817 bits per heavy atom. The van der Waals surface area contributed by atoms with Crippen LogP contribution in [0.15, 0.2) is 0 Å². The fourth-order valence-electron chi connectivity index (χ4n) is 9.43. The third-order valence-electron chi connectivity index (χ3n) is 14.0. The summed E-state index contributed by atoms with van der Waals surface area (Å²) >= 11 is 26.0. The first-order chi connectivity index (χ1) is 29.3. The molecule has 1 saturated carbocycles. The van der Waals surface area contributed by atoms with Crippen molar-refractivity contribution in [3.63, 3.8) is 0 Å². The fraction of sp³-hybridized carbons (Fsp3) is 1.00. The van der Waals surface area contributed by atoms with Crippen molar-refractivity contribution >= 4 is 165 Å². The Kier molecular flexibility index (Phi) is 44.7. The summed E-state index contributed by atoms with van der Waals surface area (Å²) in [6, 6.07) is 18.8.